The number of hydrazine groups is 1. The maximum atomic E-state index is 8.30. The molecule has 0 aliphatic rings. The third-order valence-electron chi connectivity index (χ3n) is 0.319. The third-order valence-corrected chi connectivity index (χ3v) is 0.411. The molecule has 0 spiro atoms. The normalized spacial score (nSPS) is 9.00. The van der Waals surface area contributed by atoms with E-state index in [1.54, 1.807) is 19.1 Å². The zero-order chi connectivity index (χ0) is 5.86. The number of thiocarbonyl (C=S) groups is 1. The predicted molar refractivity (Wildman–Crippen MR) is 32.0 cm³/mol. The zero-order valence-corrected chi connectivity index (χ0v) is 5.12. The first kappa shape index (κ1) is 6.65. The molecular formula is C3H8N2OS. The van der Waals surface area contributed by atoms with Crippen molar-refractivity contribution in [3.8, 4) is 0 Å². The molecule has 0 amide bonds. The third kappa shape index (κ3) is 5.65. The molecule has 0 heterocycles. The molecule has 0 fully saturated rings. The summed E-state index contributed by atoms with van der Waals surface area (Å²) in [5, 5.41) is 9.66. The molecule has 0 aromatic rings. The summed E-state index contributed by atoms with van der Waals surface area (Å²) in [6, 6.07) is 0. The second-order valence-electron chi connectivity index (χ2n) is 1.31. The number of aliphatic hydroxyl groups is 1. The van der Waals surface area contributed by atoms with E-state index < -0.39 is 0 Å². The van der Waals surface area contributed by atoms with Crippen LogP contribution in [0.5, 0.6) is 0 Å². The minimum Gasteiger partial charge on any atom is -0.486 e. The first-order valence-electron chi connectivity index (χ1n) is 1.80. The summed E-state index contributed by atoms with van der Waals surface area (Å²) >= 11 is 4.27. The molecule has 0 saturated carbocycles. The van der Waals surface area contributed by atoms with Crippen LogP contribution < -0.4 is 5.43 Å². The molecule has 42 valence electrons. The summed E-state index contributed by atoms with van der Waals surface area (Å²) in [5.74, 6) is 0. The highest BCUT2D eigenvalue weighted by Crippen LogP contribution is 1.63. The zero-order valence-electron chi connectivity index (χ0n) is 4.30. The lowest BCUT2D eigenvalue weighted by molar-refractivity contribution is 0.329. The van der Waals surface area contributed by atoms with Crippen molar-refractivity contribution in [1.29, 1.82) is 0 Å². The van der Waals surface area contributed by atoms with Crippen LogP contribution in [0, 0.1) is 0 Å². The van der Waals surface area contributed by atoms with E-state index in [4.69, 9.17) is 5.11 Å². The SMILES string of the molecule is CN(C)NC(O)=S. The van der Waals surface area contributed by atoms with Crippen molar-refractivity contribution < 1.29 is 5.11 Å². The molecule has 2 N–H and O–H groups in total. The van der Waals surface area contributed by atoms with Crippen molar-refractivity contribution in [3.05, 3.63) is 0 Å². The fourth-order valence-corrected chi connectivity index (χ4v) is 0.374. The molecule has 3 nitrogen and oxygen atoms in total. The Morgan fingerprint density at radius 1 is 1.71 bits per heavy atom. The Morgan fingerprint density at radius 2 is 2.14 bits per heavy atom. The Morgan fingerprint density at radius 3 is 2.14 bits per heavy atom. The van der Waals surface area contributed by atoms with Crippen LogP contribution in [0.2, 0.25) is 0 Å². The first-order valence-corrected chi connectivity index (χ1v) is 2.20. The Hall–Kier alpha value is -0.350. The monoisotopic (exact) mass is 120 g/mol. The largest absolute Gasteiger partial charge is 0.486 e. The van der Waals surface area contributed by atoms with Gasteiger partial charge in [0.15, 0.2) is 0 Å². The minimum absolute atomic E-state index is 0.204. The summed E-state index contributed by atoms with van der Waals surface area (Å²) in [7, 11) is 3.48. The van der Waals surface area contributed by atoms with Gasteiger partial charge in [-0.25, -0.2) is 5.01 Å². The quantitative estimate of drug-likeness (QED) is 0.374. The Labute approximate surface area is 47.9 Å². The van der Waals surface area contributed by atoms with Crippen LogP contribution in [0.1, 0.15) is 0 Å². The maximum Gasteiger partial charge on any atom is 0.269 e. The van der Waals surface area contributed by atoms with Crippen LogP contribution in [0.4, 0.5) is 0 Å². The summed E-state index contributed by atoms with van der Waals surface area (Å²) in [4.78, 5) is 0. The number of nitrogens with one attached hydrogen (secondary N) is 1. The Bertz CT molecular complexity index is 73.3. The standard InChI is InChI=1S/C3H8N2OS/c1-5(2)4-3(6)7/h1-2H3,(H2,4,6,7). The van der Waals surface area contributed by atoms with Gasteiger partial charge in [-0.3, -0.25) is 5.43 Å². The van der Waals surface area contributed by atoms with Gasteiger partial charge in [-0.15, -0.1) is 0 Å². The average molecular weight is 120 g/mol. The van der Waals surface area contributed by atoms with Gasteiger partial charge in [0, 0.05) is 14.1 Å². The number of nitrogens with zero attached hydrogens (tertiary/aromatic N) is 1. The predicted octanol–water partition coefficient (Wildman–Crippen LogP) is -0.104. The summed E-state index contributed by atoms with van der Waals surface area (Å²) in [5.41, 5.74) is 2.43. The van der Waals surface area contributed by atoms with E-state index in [0.29, 0.717) is 0 Å². The highest BCUT2D eigenvalue weighted by Gasteiger charge is 1.85. The highest BCUT2D eigenvalue weighted by molar-refractivity contribution is 7.79. The molecule has 0 saturated heterocycles. The second kappa shape index (κ2) is 2.76. The lowest BCUT2D eigenvalue weighted by Crippen LogP contribution is -2.34. The van der Waals surface area contributed by atoms with Gasteiger partial charge in [-0.05, 0) is 12.2 Å². The molecule has 0 unspecified atom stereocenters. The van der Waals surface area contributed by atoms with Gasteiger partial charge in [0.25, 0.3) is 5.17 Å². The van der Waals surface area contributed by atoms with Crippen LogP contribution >= 0.6 is 12.2 Å². The molecule has 0 atom stereocenters. The molecule has 0 aliphatic carbocycles. The summed E-state index contributed by atoms with van der Waals surface area (Å²) in [6.45, 7) is 0. The molecule has 0 radical (unpaired) electrons. The van der Waals surface area contributed by atoms with Crippen molar-refractivity contribution in [1.82, 2.24) is 10.4 Å². The Kier molecular flexibility index (Phi) is 2.62. The molecule has 0 aliphatic heterocycles. The molecule has 4 heteroatoms. The van der Waals surface area contributed by atoms with Gasteiger partial charge in [0.2, 0.25) is 0 Å². The molecule has 0 aromatic heterocycles. The number of rotatable bonds is 1. The van der Waals surface area contributed by atoms with Crippen molar-refractivity contribution in [3.63, 3.8) is 0 Å². The van der Waals surface area contributed by atoms with Gasteiger partial charge in [-0.1, -0.05) is 0 Å². The van der Waals surface area contributed by atoms with Gasteiger partial charge >= 0.3 is 0 Å². The summed E-state index contributed by atoms with van der Waals surface area (Å²) in [6.07, 6.45) is 0. The van der Waals surface area contributed by atoms with Crippen LogP contribution in [-0.4, -0.2) is 29.4 Å². The molecule has 7 heavy (non-hydrogen) atoms. The smallest absolute Gasteiger partial charge is 0.269 e. The van der Waals surface area contributed by atoms with E-state index in [1.807, 2.05) is 0 Å². The minimum atomic E-state index is -0.204. The van der Waals surface area contributed by atoms with Crippen molar-refractivity contribution in [2.24, 2.45) is 0 Å². The number of hydrogen-bond donors (Lipinski definition) is 2. The lowest BCUT2D eigenvalue weighted by Gasteiger charge is -2.08. The fourth-order valence-electron chi connectivity index (χ4n) is 0.191. The van der Waals surface area contributed by atoms with E-state index in [-0.39, 0.29) is 5.17 Å². The molecule has 0 rings (SSSR count). The van der Waals surface area contributed by atoms with E-state index in [9.17, 15) is 0 Å². The molecule has 0 aromatic carbocycles. The van der Waals surface area contributed by atoms with Crippen molar-refractivity contribution in [2.45, 2.75) is 0 Å². The van der Waals surface area contributed by atoms with Gasteiger partial charge in [-0.2, -0.15) is 0 Å². The van der Waals surface area contributed by atoms with E-state index >= 15 is 0 Å². The topological polar surface area (TPSA) is 35.5 Å². The van der Waals surface area contributed by atoms with Crippen molar-refractivity contribution >= 4 is 17.4 Å². The molecular weight excluding hydrogens is 112 g/mol. The van der Waals surface area contributed by atoms with Crippen LogP contribution in [0.25, 0.3) is 0 Å². The van der Waals surface area contributed by atoms with Gasteiger partial charge in [0.05, 0.1) is 0 Å². The number of aliphatic hydroxyl groups excluding tert-OH is 1. The average Bonchev–Trinajstić information content (AvgIpc) is 1.27. The highest BCUT2D eigenvalue weighted by atomic mass is 32.1. The van der Waals surface area contributed by atoms with Crippen LogP contribution in [-0.2, 0) is 0 Å². The maximum absolute atomic E-state index is 8.30. The van der Waals surface area contributed by atoms with E-state index in [2.05, 4.69) is 17.6 Å². The Balaban J connectivity index is 3.13. The summed E-state index contributed by atoms with van der Waals surface area (Å²) < 4.78 is 0. The van der Waals surface area contributed by atoms with Gasteiger partial charge < -0.3 is 5.11 Å². The van der Waals surface area contributed by atoms with Crippen molar-refractivity contribution in [2.75, 3.05) is 14.1 Å². The van der Waals surface area contributed by atoms with Crippen LogP contribution in [0.15, 0.2) is 0 Å². The van der Waals surface area contributed by atoms with E-state index in [1.165, 1.54) is 0 Å². The first-order chi connectivity index (χ1) is 3.13. The van der Waals surface area contributed by atoms with E-state index in [0.717, 1.165) is 0 Å². The van der Waals surface area contributed by atoms with Gasteiger partial charge in [0.1, 0.15) is 0 Å². The van der Waals surface area contributed by atoms with Crippen LogP contribution in [0.3, 0.4) is 0 Å². The molecule has 0 bridgehead atoms. The fraction of sp³-hybridized carbons (Fsp3) is 0.667. The lowest BCUT2D eigenvalue weighted by atomic mass is 11.1. The number of hydrogen-bond acceptors (Lipinski definition) is 2. The second-order valence-corrected chi connectivity index (χ2v) is 1.70.